The molecule has 21 heavy (non-hydrogen) atoms. The summed E-state index contributed by atoms with van der Waals surface area (Å²) in [6.07, 6.45) is 1.22. The van der Waals surface area contributed by atoms with Gasteiger partial charge in [-0.15, -0.1) is 0 Å². The van der Waals surface area contributed by atoms with E-state index in [9.17, 15) is 14.4 Å². The lowest BCUT2D eigenvalue weighted by Crippen LogP contribution is -2.47. The molecule has 3 N–H and O–H groups in total. The van der Waals surface area contributed by atoms with Crippen LogP contribution in [0.1, 0.15) is 26.2 Å². The first-order chi connectivity index (χ1) is 10.0. The summed E-state index contributed by atoms with van der Waals surface area (Å²) in [6, 6.07) is -1.46. The van der Waals surface area contributed by atoms with Crippen LogP contribution in [0.5, 0.6) is 0 Å². The van der Waals surface area contributed by atoms with Crippen molar-refractivity contribution in [2.24, 2.45) is 0 Å². The summed E-state index contributed by atoms with van der Waals surface area (Å²) in [4.78, 5) is 36.0. The van der Waals surface area contributed by atoms with Crippen molar-refractivity contribution in [2.75, 3.05) is 32.8 Å². The minimum Gasteiger partial charge on any atom is -0.480 e. The number of amides is 3. The summed E-state index contributed by atoms with van der Waals surface area (Å²) < 4.78 is 5.15. The molecule has 0 radical (unpaired) electrons. The van der Waals surface area contributed by atoms with Gasteiger partial charge in [0.2, 0.25) is 5.91 Å². The number of aliphatic carboxylic acids is 1. The van der Waals surface area contributed by atoms with Crippen molar-refractivity contribution in [1.82, 2.24) is 15.5 Å². The maximum absolute atomic E-state index is 11.8. The molecule has 1 fully saturated rings. The topological polar surface area (TPSA) is 108 Å². The molecule has 1 atom stereocenters. The summed E-state index contributed by atoms with van der Waals surface area (Å²) in [5.74, 6) is -1.10. The molecular formula is C13H23N3O5. The Morgan fingerprint density at radius 3 is 2.52 bits per heavy atom. The Bertz CT molecular complexity index is 369. The molecule has 3 amide bonds. The number of rotatable bonds is 7. The fraction of sp³-hybridized carbons (Fsp3) is 0.769. The molecule has 1 aliphatic rings. The average molecular weight is 301 g/mol. The second kappa shape index (κ2) is 9.17. The largest absolute Gasteiger partial charge is 0.480 e. The van der Waals surface area contributed by atoms with E-state index in [-0.39, 0.29) is 18.9 Å². The van der Waals surface area contributed by atoms with E-state index < -0.39 is 18.0 Å². The Hall–Kier alpha value is -1.83. The molecule has 8 heteroatoms. The molecule has 1 saturated heterocycles. The summed E-state index contributed by atoms with van der Waals surface area (Å²) >= 11 is 0. The molecule has 0 aliphatic carbocycles. The SMILES string of the molecule is CCC[C@@H](NC(=O)NCCC(=O)N1CCOCC1)C(=O)O. The van der Waals surface area contributed by atoms with Crippen LogP contribution in [0.15, 0.2) is 0 Å². The van der Waals surface area contributed by atoms with Crippen molar-refractivity contribution < 1.29 is 24.2 Å². The van der Waals surface area contributed by atoms with Gasteiger partial charge < -0.3 is 25.4 Å². The summed E-state index contributed by atoms with van der Waals surface area (Å²) in [7, 11) is 0. The summed E-state index contributed by atoms with van der Waals surface area (Å²) in [5.41, 5.74) is 0. The van der Waals surface area contributed by atoms with Crippen molar-refractivity contribution in [1.29, 1.82) is 0 Å². The summed E-state index contributed by atoms with van der Waals surface area (Å²) in [6.45, 7) is 4.25. The Labute approximate surface area is 123 Å². The number of morpholine rings is 1. The standard InChI is InChI=1S/C13H23N3O5/c1-2-3-10(12(18)19)15-13(20)14-5-4-11(17)16-6-8-21-9-7-16/h10H,2-9H2,1H3,(H,18,19)(H2,14,15,20)/t10-/m1/s1. The van der Waals surface area contributed by atoms with Gasteiger partial charge in [0.1, 0.15) is 6.04 Å². The molecular weight excluding hydrogens is 278 g/mol. The monoisotopic (exact) mass is 301 g/mol. The van der Waals surface area contributed by atoms with Crippen LogP contribution < -0.4 is 10.6 Å². The predicted molar refractivity (Wildman–Crippen MR) is 74.9 cm³/mol. The van der Waals surface area contributed by atoms with Crippen LogP contribution in [-0.4, -0.2) is 66.8 Å². The lowest BCUT2D eigenvalue weighted by atomic mass is 10.2. The zero-order valence-corrected chi connectivity index (χ0v) is 12.3. The molecule has 0 unspecified atom stereocenters. The average Bonchev–Trinajstić information content (AvgIpc) is 2.47. The first-order valence-corrected chi connectivity index (χ1v) is 7.17. The number of carbonyl (C=O) groups is 3. The van der Waals surface area contributed by atoms with E-state index in [1.54, 1.807) is 4.90 Å². The number of urea groups is 1. The first kappa shape index (κ1) is 17.2. The van der Waals surface area contributed by atoms with Crippen LogP contribution in [0.2, 0.25) is 0 Å². The number of ether oxygens (including phenoxy) is 1. The smallest absolute Gasteiger partial charge is 0.326 e. The van der Waals surface area contributed by atoms with E-state index in [0.29, 0.717) is 39.1 Å². The normalized spacial score (nSPS) is 16.1. The lowest BCUT2D eigenvalue weighted by Gasteiger charge is -2.26. The van der Waals surface area contributed by atoms with Crippen LogP contribution >= 0.6 is 0 Å². The van der Waals surface area contributed by atoms with Crippen molar-refractivity contribution in [2.45, 2.75) is 32.2 Å². The highest BCUT2D eigenvalue weighted by Gasteiger charge is 2.19. The minimum atomic E-state index is -1.06. The van der Waals surface area contributed by atoms with Crippen LogP contribution in [0.25, 0.3) is 0 Å². The highest BCUT2D eigenvalue weighted by Crippen LogP contribution is 2.00. The third-order valence-corrected chi connectivity index (χ3v) is 3.17. The Kier molecular flexibility index (Phi) is 7.52. The van der Waals surface area contributed by atoms with Crippen molar-refractivity contribution >= 4 is 17.9 Å². The maximum Gasteiger partial charge on any atom is 0.326 e. The van der Waals surface area contributed by atoms with Gasteiger partial charge in [-0.3, -0.25) is 4.79 Å². The molecule has 0 saturated carbocycles. The zero-order chi connectivity index (χ0) is 15.7. The van der Waals surface area contributed by atoms with Crippen LogP contribution in [-0.2, 0) is 14.3 Å². The van der Waals surface area contributed by atoms with Gasteiger partial charge in [0.05, 0.1) is 13.2 Å². The van der Waals surface area contributed by atoms with Crippen molar-refractivity contribution in [3.05, 3.63) is 0 Å². The van der Waals surface area contributed by atoms with Crippen LogP contribution in [0.4, 0.5) is 4.79 Å². The van der Waals surface area contributed by atoms with Crippen LogP contribution in [0.3, 0.4) is 0 Å². The fourth-order valence-electron chi connectivity index (χ4n) is 2.01. The van der Waals surface area contributed by atoms with Gasteiger partial charge in [0.25, 0.3) is 0 Å². The van der Waals surface area contributed by atoms with E-state index in [2.05, 4.69) is 10.6 Å². The molecule has 0 aromatic rings. The van der Waals surface area contributed by atoms with E-state index in [1.807, 2.05) is 6.92 Å². The maximum atomic E-state index is 11.8. The predicted octanol–water partition coefficient (Wildman–Crippen LogP) is -0.212. The van der Waals surface area contributed by atoms with Crippen molar-refractivity contribution in [3.63, 3.8) is 0 Å². The highest BCUT2D eigenvalue weighted by molar-refractivity contribution is 5.83. The number of carboxylic acid groups (broad SMARTS) is 1. The summed E-state index contributed by atoms with van der Waals surface area (Å²) in [5, 5.41) is 13.8. The van der Waals surface area contributed by atoms with Crippen molar-refractivity contribution in [3.8, 4) is 0 Å². The number of carboxylic acids is 1. The van der Waals surface area contributed by atoms with Gasteiger partial charge in [0.15, 0.2) is 0 Å². The molecule has 0 bridgehead atoms. The fourth-order valence-corrected chi connectivity index (χ4v) is 2.01. The zero-order valence-electron chi connectivity index (χ0n) is 12.3. The van der Waals surface area contributed by atoms with Gasteiger partial charge in [0, 0.05) is 26.1 Å². The molecule has 0 aromatic carbocycles. The van der Waals surface area contributed by atoms with E-state index in [1.165, 1.54) is 0 Å². The molecule has 1 rings (SSSR count). The molecule has 8 nitrogen and oxygen atoms in total. The molecule has 1 heterocycles. The molecule has 1 aliphatic heterocycles. The Morgan fingerprint density at radius 1 is 1.29 bits per heavy atom. The third-order valence-electron chi connectivity index (χ3n) is 3.17. The molecule has 0 spiro atoms. The molecule has 120 valence electrons. The first-order valence-electron chi connectivity index (χ1n) is 7.17. The quantitative estimate of drug-likeness (QED) is 0.603. The van der Waals surface area contributed by atoms with Gasteiger partial charge in [-0.2, -0.15) is 0 Å². The van der Waals surface area contributed by atoms with Gasteiger partial charge >= 0.3 is 12.0 Å². The number of carbonyl (C=O) groups excluding carboxylic acids is 2. The lowest BCUT2D eigenvalue weighted by molar-refractivity contribution is -0.139. The number of hydrogen-bond acceptors (Lipinski definition) is 4. The second-order valence-electron chi connectivity index (χ2n) is 4.82. The third kappa shape index (κ3) is 6.44. The van der Waals surface area contributed by atoms with Gasteiger partial charge in [-0.1, -0.05) is 13.3 Å². The van der Waals surface area contributed by atoms with E-state index in [4.69, 9.17) is 9.84 Å². The van der Waals surface area contributed by atoms with Gasteiger partial charge in [-0.25, -0.2) is 9.59 Å². The number of nitrogens with one attached hydrogen (secondary N) is 2. The van der Waals surface area contributed by atoms with Crippen LogP contribution in [0, 0.1) is 0 Å². The highest BCUT2D eigenvalue weighted by atomic mass is 16.5. The Morgan fingerprint density at radius 2 is 1.95 bits per heavy atom. The van der Waals surface area contributed by atoms with E-state index >= 15 is 0 Å². The Balaban J connectivity index is 2.22. The van der Waals surface area contributed by atoms with Gasteiger partial charge in [-0.05, 0) is 6.42 Å². The number of hydrogen-bond donors (Lipinski definition) is 3. The number of nitrogens with zero attached hydrogens (tertiary/aromatic N) is 1. The van der Waals surface area contributed by atoms with E-state index in [0.717, 1.165) is 0 Å². The molecule has 0 aromatic heterocycles. The second-order valence-corrected chi connectivity index (χ2v) is 4.82. The minimum absolute atomic E-state index is 0.0399.